The number of aliphatic carboxylic acids is 1. The highest BCUT2D eigenvalue weighted by molar-refractivity contribution is 7.99. The molecule has 0 bridgehead atoms. The molecule has 1 aliphatic heterocycles. The maximum Gasteiger partial charge on any atom is 0.313 e. The molecular formula is C22H30N2O2S3. The highest BCUT2D eigenvalue weighted by Crippen LogP contribution is 2.40. The third-order valence-electron chi connectivity index (χ3n) is 4.32. The molecule has 2 aromatic rings. The first-order valence-corrected chi connectivity index (χ1v) is 13.0. The molecule has 158 valence electrons. The Kier molecular flexibility index (Phi) is 10.8. The summed E-state index contributed by atoms with van der Waals surface area (Å²) < 4.78 is 3.41. The van der Waals surface area contributed by atoms with Gasteiger partial charge in [-0.1, -0.05) is 44.9 Å². The minimum absolute atomic E-state index is 0.131. The van der Waals surface area contributed by atoms with Gasteiger partial charge in [-0.05, 0) is 48.0 Å². The SMILES string of the molecule is CCCC.CSc1cc2c(cc1CSCC(=O)O)SNCCN2c1ccccc1. The number of carboxylic acid groups (broad SMARTS) is 1. The Bertz CT molecular complexity index is 770. The van der Waals surface area contributed by atoms with E-state index in [-0.39, 0.29) is 5.75 Å². The number of carbonyl (C=O) groups is 1. The number of para-hydroxylation sites is 1. The summed E-state index contributed by atoms with van der Waals surface area (Å²) in [6.45, 7) is 6.16. The molecule has 1 heterocycles. The van der Waals surface area contributed by atoms with Crippen LogP contribution >= 0.6 is 35.5 Å². The molecule has 2 aromatic carbocycles. The Morgan fingerprint density at radius 2 is 1.93 bits per heavy atom. The molecule has 0 saturated heterocycles. The summed E-state index contributed by atoms with van der Waals surface area (Å²) in [6.07, 6.45) is 4.71. The number of nitrogens with one attached hydrogen (secondary N) is 1. The summed E-state index contributed by atoms with van der Waals surface area (Å²) in [5.74, 6) is 0.0745. The van der Waals surface area contributed by atoms with Crippen LogP contribution in [0.5, 0.6) is 0 Å². The summed E-state index contributed by atoms with van der Waals surface area (Å²) >= 11 is 4.81. The van der Waals surface area contributed by atoms with Gasteiger partial charge in [0.05, 0.1) is 11.4 Å². The van der Waals surface area contributed by atoms with Crippen LogP contribution in [0.3, 0.4) is 0 Å². The molecule has 3 rings (SSSR count). The monoisotopic (exact) mass is 450 g/mol. The van der Waals surface area contributed by atoms with E-state index in [1.165, 1.54) is 51.3 Å². The van der Waals surface area contributed by atoms with Gasteiger partial charge in [0, 0.05) is 34.3 Å². The lowest BCUT2D eigenvalue weighted by molar-refractivity contribution is -0.133. The lowest BCUT2D eigenvalue weighted by Crippen LogP contribution is -2.23. The van der Waals surface area contributed by atoms with Crippen molar-refractivity contribution in [3.05, 3.63) is 48.0 Å². The lowest BCUT2D eigenvalue weighted by atomic mass is 10.2. The Morgan fingerprint density at radius 3 is 2.55 bits per heavy atom. The molecule has 0 aromatic heterocycles. The van der Waals surface area contributed by atoms with Gasteiger partial charge in [-0.25, -0.2) is 0 Å². The highest BCUT2D eigenvalue weighted by atomic mass is 32.2. The van der Waals surface area contributed by atoms with E-state index in [0.29, 0.717) is 5.75 Å². The minimum atomic E-state index is -0.767. The molecule has 2 N–H and O–H groups in total. The number of nitrogens with zero attached hydrogens (tertiary/aromatic N) is 1. The lowest BCUT2D eigenvalue weighted by Gasteiger charge is -2.25. The molecule has 0 unspecified atom stereocenters. The topological polar surface area (TPSA) is 52.6 Å². The van der Waals surface area contributed by atoms with Crippen molar-refractivity contribution in [1.82, 2.24) is 4.72 Å². The van der Waals surface area contributed by atoms with E-state index in [1.54, 1.807) is 23.7 Å². The van der Waals surface area contributed by atoms with E-state index < -0.39 is 5.97 Å². The van der Waals surface area contributed by atoms with Crippen molar-refractivity contribution in [3.8, 4) is 0 Å². The van der Waals surface area contributed by atoms with Gasteiger partial charge in [0.25, 0.3) is 0 Å². The van der Waals surface area contributed by atoms with Crippen molar-refractivity contribution in [2.45, 2.75) is 42.2 Å². The maximum atomic E-state index is 10.8. The second kappa shape index (κ2) is 13.1. The van der Waals surface area contributed by atoms with Crippen LogP contribution in [-0.4, -0.2) is 36.2 Å². The molecule has 0 radical (unpaired) electrons. The van der Waals surface area contributed by atoms with Crippen LogP contribution in [0.15, 0.2) is 52.3 Å². The van der Waals surface area contributed by atoms with Crippen molar-refractivity contribution in [3.63, 3.8) is 0 Å². The summed E-state index contributed by atoms with van der Waals surface area (Å²) in [6, 6.07) is 14.9. The van der Waals surface area contributed by atoms with Gasteiger partial charge in [-0.2, -0.15) is 0 Å². The smallest absolute Gasteiger partial charge is 0.313 e. The van der Waals surface area contributed by atoms with Gasteiger partial charge in [0.15, 0.2) is 0 Å². The van der Waals surface area contributed by atoms with Crippen molar-refractivity contribution in [2.24, 2.45) is 0 Å². The number of unbranched alkanes of at least 4 members (excludes halogenated alkanes) is 1. The number of thioether (sulfide) groups is 2. The van der Waals surface area contributed by atoms with Crippen LogP contribution in [0.25, 0.3) is 0 Å². The largest absolute Gasteiger partial charge is 0.481 e. The molecule has 29 heavy (non-hydrogen) atoms. The van der Waals surface area contributed by atoms with E-state index in [9.17, 15) is 4.79 Å². The third-order valence-corrected chi connectivity index (χ3v) is 7.00. The van der Waals surface area contributed by atoms with Gasteiger partial charge in [0.2, 0.25) is 0 Å². The highest BCUT2D eigenvalue weighted by Gasteiger charge is 2.20. The van der Waals surface area contributed by atoms with Crippen molar-refractivity contribution in [1.29, 1.82) is 0 Å². The number of benzene rings is 2. The first kappa shape index (κ1) is 24.0. The standard InChI is InChI=1S/C18H20N2O2S3.C4H10/c1-23-16-10-15-17(9-13(16)11-24-12-18(21)22)25-19-7-8-20(15)14-5-3-2-4-6-14;1-3-4-2/h2-6,9-10,19H,7-8,11-12H2,1H3,(H,21,22);3-4H2,1-2H3. The van der Waals surface area contributed by atoms with E-state index in [1.807, 2.05) is 6.07 Å². The van der Waals surface area contributed by atoms with Crippen LogP contribution < -0.4 is 9.62 Å². The van der Waals surface area contributed by atoms with E-state index >= 15 is 0 Å². The molecular weight excluding hydrogens is 420 g/mol. The van der Waals surface area contributed by atoms with E-state index in [2.05, 4.69) is 66.1 Å². The molecule has 1 aliphatic rings. The van der Waals surface area contributed by atoms with Crippen LogP contribution in [0.2, 0.25) is 0 Å². The summed E-state index contributed by atoms with van der Waals surface area (Å²) in [7, 11) is 0. The van der Waals surface area contributed by atoms with Gasteiger partial charge in [0.1, 0.15) is 0 Å². The number of rotatable bonds is 7. The van der Waals surface area contributed by atoms with Gasteiger partial charge in [-0.15, -0.1) is 23.5 Å². The fraction of sp³-hybridized carbons (Fsp3) is 0.409. The quantitative estimate of drug-likeness (QED) is 0.380. The van der Waals surface area contributed by atoms with Crippen LogP contribution in [0, 0.1) is 0 Å². The summed E-state index contributed by atoms with van der Waals surface area (Å²) in [5, 5.41) is 8.86. The van der Waals surface area contributed by atoms with Crippen LogP contribution in [0.4, 0.5) is 11.4 Å². The Morgan fingerprint density at radius 1 is 1.21 bits per heavy atom. The third kappa shape index (κ3) is 7.48. The first-order valence-electron chi connectivity index (χ1n) is 9.83. The fourth-order valence-corrected chi connectivity index (χ4v) is 4.99. The molecule has 0 atom stereocenters. The Balaban J connectivity index is 0.000000687. The molecule has 7 heteroatoms. The van der Waals surface area contributed by atoms with Gasteiger partial charge in [-0.3, -0.25) is 9.52 Å². The molecule has 0 fully saturated rings. The number of hydrogen-bond acceptors (Lipinski definition) is 6. The molecule has 0 amide bonds. The van der Waals surface area contributed by atoms with Crippen molar-refractivity contribution >= 4 is 52.8 Å². The predicted molar refractivity (Wildman–Crippen MR) is 130 cm³/mol. The zero-order chi connectivity index (χ0) is 21.1. The molecule has 0 aliphatic carbocycles. The second-order valence-electron chi connectivity index (χ2n) is 6.50. The average molecular weight is 451 g/mol. The van der Waals surface area contributed by atoms with Crippen molar-refractivity contribution in [2.75, 3.05) is 30.0 Å². The van der Waals surface area contributed by atoms with Gasteiger partial charge < -0.3 is 10.0 Å². The van der Waals surface area contributed by atoms with Gasteiger partial charge >= 0.3 is 5.97 Å². The normalized spacial score (nSPS) is 13.1. The maximum absolute atomic E-state index is 10.8. The average Bonchev–Trinajstić information content (AvgIpc) is 2.95. The van der Waals surface area contributed by atoms with Crippen LogP contribution in [0.1, 0.15) is 32.3 Å². The van der Waals surface area contributed by atoms with Crippen LogP contribution in [-0.2, 0) is 10.5 Å². The molecule has 0 saturated carbocycles. The predicted octanol–water partition coefficient (Wildman–Crippen LogP) is 6.28. The Hall–Kier alpha value is -1.28. The number of anilines is 2. The summed E-state index contributed by atoms with van der Waals surface area (Å²) in [4.78, 5) is 15.5. The first-order chi connectivity index (χ1) is 14.1. The number of carboxylic acids is 1. The van der Waals surface area contributed by atoms with Crippen molar-refractivity contribution < 1.29 is 9.90 Å². The zero-order valence-corrected chi connectivity index (χ0v) is 19.8. The second-order valence-corrected chi connectivity index (χ2v) is 9.27. The number of hydrogen-bond donors (Lipinski definition) is 2. The van der Waals surface area contributed by atoms with E-state index in [4.69, 9.17) is 5.11 Å². The van der Waals surface area contributed by atoms with E-state index in [0.717, 1.165) is 13.1 Å². The zero-order valence-electron chi connectivity index (χ0n) is 17.3. The minimum Gasteiger partial charge on any atom is -0.481 e. The number of fused-ring (bicyclic) bond motifs is 1. The molecule has 4 nitrogen and oxygen atoms in total. The summed E-state index contributed by atoms with van der Waals surface area (Å²) in [5.41, 5.74) is 3.59. The Labute approximate surface area is 187 Å². The molecule has 0 spiro atoms. The fourth-order valence-electron chi connectivity index (χ4n) is 2.72.